The highest BCUT2D eigenvalue weighted by atomic mass is 32.1. The largest absolute Gasteiger partial charge is 0.386 e. The van der Waals surface area contributed by atoms with Crippen molar-refractivity contribution >= 4 is 28.7 Å². The number of anilines is 1. The van der Waals surface area contributed by atoms with E-state index in [0.717, 1.165) is 63.6 Å². The summed E-state index contributed by atoms with van der Waals surface area (Å²) in [6.45, 7) is 11.8. The fraction of sp³-hybridized carbons (Fsp3) is 0.600. The van der Waals surface area contributed by atoms with E-state index < -0.39 is 0 Å². The minimum Gasteiger partial charge on any atom is -0.386 e. The Labute approximate surface area is 192 Å². The van der Waals surface area contributed by atoms with Crippen LogP contribution < -0.4 is 10.6 Å². The average molecular weight is 444 g/mol. The number of carbonyl (C=O) groups excluding carboxylic acids is 1. The standard InChI is InChI=1S/C25H37N3O2S/c1-4-5-6-19-7-9-20(10-8-19)27-24(31)23-21(17-25(2,3)18-22(23)29)26-11-12-28-13-15-30-16-14-28/h7-10,26H,4-6,11-18H2,1-3H3,(H,27,31). The van der Waals surface area contributed by atoms with Crippen molar-refractivity contribution in [3.8, 4) is 0 Å². The molecule has 0 radical (unpaired) electrons. The van der Waals surface area contributed by atoms with Gasteiger partial charge in [-0.15, -0.1) is 0 Å². The van der Waals surface area contributed by atoms with Crippen molar-refractivity contribution in [2.75, 3.05) is 44.7 Å². The van der Waals surface area contributed by atoms with Crippen LogP contribution >= 0.6 is 12.2 Å². The summed E-state index contributed by atoms with van der Waals surface area (Å²) in [5.74, 6) is 0.127. The van der Waals surface area contributed by atoms with Gasteiger partial charge in [-0.3, -0.25) is 9.69 Å². The van der Waals surface area contributed by atoms with Crippen LogP contribution in [0.1, 0.15) is 52.0 Å². The molecule has 1 aromatic carbocycles. The van der Waals surface area contributed by atoms with E-state index in [2.05, 4.69) is 60.6 Å². The van der Waals surface area contributed by atoms with Crippen molar-refractivity contribution in [3.05, 3.63) is 41.1 Å². The lowest BCUT2D eigenvalue weighted by molar-refractivity contribution is -0.117. The molecule has 1 aliphatic carbocycles. The number of nitrogens with zero attached hydrogens (tertiary/aromatic N) is 1. The average Bonchev–Trinajstić information content (AvgIpc) is 2.73. The van der Waals surface area contributed by atoms with Gasteiger partial charge in [-0.2, -0.15) is 0 Å². The number of unbranched alkanes of at least 4 members (excludes halogenated alkanes) is 1. The molecule has 1 saturated heterocycles. The number of allylic oxidation sites excluding steroid dienone is 1. The predicted molar refractivity (Wildman–Crippen MR) is 132 cm³/mol. The summed E-state index contributed by atoms with van der Waals surface area (Å²) in [6.07, 6.45) is 4.83. The van der Waals surface area contributed by atoms with Crippen LogP contribution in [0.4, 0.5) is 5.69 Å². The lowest BCUT2D eigenvalue weighted by atomic mass is 9.75. The second-order valence-electron chi connectivity index (χ2n) is 9.43. The summed E-state index contributed by atoms with van der Waals surface area (Å²) >= 11 is 5.71. The van der Waals surface area contributed by atoms with Crippen molar-refractivity contribution in [2.24, 2.45) is 5.41 Å². The highest BCUT2D eigenvalue weighted by Gasteiger charge is 2.34. The third-order valence-electron chi connectivity index (χ3n) is 6.00. The molecule has 1 aromatic rings. The van der Waals surface area contributed by atoms with Crippen LogP contribution in [0.15, 0.2) is 35.5 Å². The Bertz CT molecular complexity index is 795. The van der Waals surface area contributed by atoms with E-state index in [1.807, 2.05) is 0 Å². The Morgan fingerprint density at radius 3 is 2.55 bits per heavy atom. The molecule has 1 fully saturated rings. The Morgan fingerprint density at radius 1 is 1.16 bits per heavy atom. The molecule has 5 nitrogen and oxygen atoms in total. The molecular weight excluding hydrogens is 406 g/mol. The Kier molecular flexibility index (Phi) is 8.64. The number of rotatable bonds is 9. The van der Waals surface area contributed by atoms with E-state index in [1.165, 1.54) is 18.4 Å². The van der Waals surface area contributed by atoms with Gasteiger partial charge in [0.2, 0.25) is 0 Å². The molecule has 0 saturated carbocycles. The fourth-order valence-electron chi connectivity index (χ4n) is 4.25. The Morgan fingerprint density at radius 2 is 1.87 bits per heavy atom. The van der Waals surface area contributed by atoms with Crippen molar-refractivity contribution in [3.63, 3.8) is 0 Å². The highest BCUT2D eigenvalue weighted by molar-refractivity contribution is 7.81. The molecule has 2 N–H and O–H groups in total. The second-order valence-corrected chi connectivity index (χ2v) is 9.84. The smallest absolute Gasteiger partial charge is 0.168 e. The van der Waals surface area contributed by atoms with Crippen molar-refractivity contribution in [1.29, 1.82) is 0 Å². The normalized spacial score (nSPS) is 19.4. The molecule has 0 bridgehead atoms. The topological polar surface area (TPSA) is 53.6 Å². The van der Waals surface area contributed by atoms with E-state index in [4.69, 9.17) is 17.0 Å². The van der Waals surface area contributed by atoms with Gasteiger partial charge in [0.05, 0.1) is 18.8 Å². The van der Waals surface area contributed by atoms with Crippen molar-refractivity contribution < 1.29 is 9.53 Å². The number of ether oxygens (including phenoxy) is 1. The molecule has 0 unspecified atom stereocenters. The first kappa shape index (κ1) is 23.9. The van der Waals surface area contributed by atoms with Gasteiger partial charge in [-0.05, 0) is 42.4 Å². The molecule has 0 amide bonds. The highest BCUT2D eigenvalue weighted by Crippen LogP contribution is 2.36. The number of Topliss-reactive ketones (excluding diaryl/α,β-unsaturated/α-hetero) is 1. The van der Waals surface area contributed by atoms with E-state index in [-0.39, 0.29) is 11.2 Å². The first-order valence-corrected chi connectivity index (χ1v) is 12.0. The number of morpholine rings is 1. The molecule has 0 atom stereocenters. The van der Waals surface area contributed by atoms with Crippen LogP contribution in [-0.2, 0) is 16.0 Å². The fourth-order valence-corrected chi connectivity index (χ4v) is 4.61. The van der Waals surface area contributed by atoms with Crippen molar-refractivity contribution in [1.82, 2.24) is 10.2 Å². The number of carbonyl (C=O) groups is 1. The summed E-state index contributed by atoms with van der Waals surface area (Å²) in [6, 6.07) is 8.39. The third-order valence-corrected chi connectivity index (χ3v) is 6.31. The van der Waals surface area contributed by atoms with E-state index in [1.54, 1.807) is 0 Å². The maximum Gasteiger partial charge on any atom is 0.168 e. The van der Waals surface area contributed by atoms with Gasteiger partial charge in [-0.25, -0.2) is 0 Å². The molecule has 1 aliphatic heterocycles. The van der Waals surface area contributed by atoms with Crippen LogP contribution in [0.5, 0.6) is 0 Å². The minimum absolute atomic E-state index is 0.0571. The monoisotopic (exact) mass is 443 g/mol. The van der Waals surface area contributed by atoms with Gasteiger partial charge in [-0.1, -0.05) is 51.5 Å². The lowest BCUT2D eigenvalue weighted by Gasteiger charge is -2.33. The molecule has 1 heterocycles. The van der Waals surface area contributed by atoms with E-state index >= 15 is 0 Å². The van der Waals surface area contributed by atoms with Gasteiger partial charge in [0, 0.05) is 44.0 Å². The van der Waals surface area contributed by atoms with Crippen LogP contribution in [0.25, 0.3) is 0 Å². The number of ketones is 1. The summed E-state index contributed by atoms with van der Waals surface area (Å²) in [7, 11) is 0. The molecule has 170 valence electrons. The number of hydrogen-bond donors (Lipinski definition) is 2. The molecule has 0 spiro atoms. The zero-order chi connectivity index (χ0) is 22.3. The maximum absolute atomic E-state index is 13.0. The van der Waals surface area contributed by atoms with Crippen LogP contribution in [0.2, 0.25) is 0 Å². The molecule has 6 heteroatoms. The van der Waals surface area contributed by atoms with Crippen LogP contribution in [0.3, 0.4) is 0 Å². The van der Waals surface area contributed by atoms with Crippen LogP contribution in [-0.4, -0.2) is 55.1 Å². The minimum atomic E-state index is -0.0571. The first-order chi connectivity index (χ1) is 14.9. The van der Waals surface area contributed by atoms with E-state index in [0.29, 0.717) is 17.0 Å². The molecule has 3 rings (SSSR count). The third kappa shape index (κ3) is 7.13. The quantitative estimate of drug-likeness (QED) is 0.554. The molecule has 0 aromatic heterocycles. The van der Waals surface area contributed by atoms with Gasteiger partial charge >= 0.3 is 0 Å². The predicted octanol–water partition coefficient (Wildman–Crippen LogP) is 4.33. The molecule has 31 heavy (non-hydrogen) atoms. The summed E-state index contributed by atoms with van der Waals surface area (Å²) in [5.41, 5.74) is 3.85. The molecule has 2 aliphatic rings. The van der Waals surface area contributed by atoms with Crippen LogP contribution in [0, 0.1) is 5.41 Å². The number of nitrogens with one attached hydrogen (secondary N) is 2. The van der Waals surface area contributed by atoms with Crippen molar-refractivity contribution in [2.45, 2.75) is 52.9 Å². The zero-order valence-corrected chi connectivity index (χ0v) is 20.1. The second kappa shape index (κ2) is 11.2. The summed E-state index contributed by atoms with van der Waals surface area (Å²) in [5, 5.41) is 6.86. The van der Waals surface area contributed by atoms with Gasteiger partial charge in [0.15, 0.2) is 5.78 Å². The maximum atomic E-state index is 13.0. The first-order valence-electron chi connectivity index (χ1n) is 11.6. The Balaban J connectivity index is 1.68. The van der Waals surface area contributed by atoms with Gasteiger partial charge in [0.1, 0.15) is 4.99 Å². The van der Waals surface area contributed by atoms with Gasteiger partial charge in [0.25, 0.3) is 0 Å². The SMILES string of the molecule is CCCCc1ccc(NC(=S)C2=C(NCCN3CCOCC3)CC(C)(C)CC2=O)cc1. The van der Waals surface area contributed by atoms with E-state index in [9.17, 15) is 4.79 Å². The van der Waals surface area contributed by atoms with Gasteiger partial charge < -0.3 is 15.4 Å². The number of benzene rings is 1. The lowest BCUT2D eigenvalue weighted by Crippen LogP contribution is -2.41. The molecular formula is C25H37N3O2S. The summed E-state index contributed by atoms with van der Waals surface area (Å²) < 4.78 is 5.43. The summed E-state index contributed by atoms with van der Waals surface area (Å²) in [4.78, 5) is 16.0. The Hall–Kier alpha value is -1.76. The number of hydrogen-bond acceptors (Lipinski definition) is 5. The zero-order valence-electron chi connectivity index (χ0n) is 19.3. The number of thiocarbonyl (C=S) groups is 1. The number of aryl methyl sites for hydroxylation is 1.